The van der Waals surface area contributed by atoms with Gasteiger partial charge in [-0.3, -0.25) is 9.36 Å². The van der Waals surface area contributed by atoms with E-state index >= 15 is 0 Å². The van der Waals surface area contributed by atoms with Gasteiger partial charge in [-0.25, -0.2) is 9.79 Å². The summed E-state index contributed by atoms with van der Waals surface area (Å²) in [6.45, 7) is 6.33. The van der Waals surface area contributed by atoms with Crippen molar-refractivity contribution in [2.45, 2.75) is 32.7 Å². The molecule has 0 bridgehead atoms. The second-order valence-corrected chi connectivity index (χ2v) is 10.8. The second-order valence-electron chi connectivity index (χ2n) is 9.78. The standard InChI is InChI=1S/C34H30N2O4S/c1-5-20-40-27-15-11-10-14-26(27)21-28-32(37)36-31(25-18-16-23(17-19-25)22(3)4)29(33(38)39-6-2)30(35-34(36)41-28)24-12-8-7-9-13-24/h1,7-19,21-22,31H,6,20H2,2-4H3/b28-21+. The van der Waals surface area contributed by atoms with Gasteiger partial charge in [0.2, 0.25) is 0 Å². The zero-order valence-corrected chi connectivity index (χ0v) is 24.0. The van der Waals surface area contributed by atoms with Crippen LogP contribution in [0, 0.1) is 12.3 Å². The molecule has 0 radical (unpaired) electrons. The highest BCUT2D eigenvalue weighted by atomic mass is 32.1. The van der Waals surface area contributed by atoms with E-state index in [0.717, 1.165) is 22.3 Å². The number of hydrogen-bond acceptors (Lipinski definition) is 6. The molecule has 4 aromatic rings. The minimum Gasteiger partial charge on any atom is -0.480 e. The van der Waals surface area contributed by atoms with Gasteiger partial charge < -0.3 is 9.47 Å². The molecule has 7 heteroatoms. The first-order valence-corrected chi connectivity index (χ1v) is 14.3. The summed E-state index contributed by atoms with van der Waals surface area (Å²) >= 11 is 1.27. The Balaban J connectivity index is 1.79. The number of rotatable bonds is 8. The monoisotopic (exact) mass is 562 g/mol. The SMILES string of the molecule is C#CCOc1ccccc1/C=c1/sc2n(c1=O)C(c1ccc(C(C)C)cc1)C(C(=O)OCC)=C(c1ccccc1)N=2. The third-order valence-electron chi connectivity index (χ3n) is 6.81. The number of hydrogen-bond donors (Lipinski definition) is 0. The maximum atomic E-state index is 14.1. The van der Waals surface area contributed by atoms with Gasteiger partial charge in [0.05, 0.1) is 28.5 Å². The minimum atomic E-state index is -0.725. The molecule has 1 unspecified atom stereocenters. The number of thiazole rings is 1. The summed E-state index contributed by atoms with van der Waals surface area (Å²) in [5, 5.41) is 0. The first-order valence-electron chi connectivity index (χ1n) is 13.5. The topological polar surface area (TPSA) is 69.9 Å². The average Bonchev–Trinajstić information content (AvgIpc) is 3.30. The Morgan fingerprint density at radius 3 is 2.46 bits per heavy atom. The fourth-order valence-electron chi connectivity index (χ4n) is 4.81. The van der Waals surface area contributed by atoms with Crippen LogP contribution in [0.3, 0.4) is 0 Å². The molecular formula is C34H30N2O4S. The summed E-state index contributed by atoms with van der Waals surface area (Å²) in [6.07, 6.45) is 7.18. The molecule has 0 aliphatic carbocycles. The highest BCUT2D eigenvalue weighted by Crippen LogP contribution is 2.35. The lowest BCUT2D eigenvalue weighted by Crippen LogP contribution is -2.40. The van der Waals surface area contributed by atoms with Crippen molar-refractivity contribution in [1.82, 2.24) is 4.57 Å². The summed E-state index contributed by atoms with van der Waals surface area (Å²) in [5.41, 5.74) is 4.01. The van der Waals surface area contributed by atoms with Crippen LogP contribution in [0.2, 0.25) is 0 Å². The lowest BCUT2D eigenvalue weighted by Gasteiger charge is -2.26. The van der Waals surface area contributed by atoms with Crippen molar-refractivity contribution in [3.05, 3.63) is 126 Å². The van der Waals surface area contributed by atoms with Crippen LogP contribution in [0.1, 0.15) is 55.0 Å². The molecule has 2 heterocycles. The molecule has 0 spiro atoms. The van der Waals surface area contributed by atoms with E-state index in [-0.39, 0.29) is 18.8 Å². The Kier molecular flexibility index (Phi) is 8.32. The van der Waals surface area contributed by atoms with Gasteiger partial charge in [0.25, 0.3) is 5.56 Å². The molecule has 1 atom stereocenters. The zero-order chi connectivity index (χ0) is 28.9. The summed E-state index contributed by atoms with van der Waals surface area (Å²) < 4.78 is 13.3. The van der Waals surface area contributed by atoms with Crippen LogP contribution < -0.4 is 19.6 Å². The van der Waals surface area contributed by atoms with Gasteiger partial charge >= 0.3 is 5.97 Å². The predicted octanol–water partition coefficient (Wildman–Crippen LogP) is 5.07. The van der Waals surface area contributed by atoms with Crippen molar-refractivity contribution in [3.8, 4) is 18.1 Å². The number of carbonyl (C=O) groups is 1. The molecule has 206 valence electrons. The van der Waals surface area contributed by atoms with Crippen LogP contribution >= 0.6 is 11.3 Å². The number of terminal acetylenes is 1. The van der Waals surface area contributed by atoms with Crippen LogP contribution in [0.5, 0.6) is 5.75 Å². The fourth-order valence-corrected chi connectivity index (χ4v) is 5.80. The molecule has 0 saturated heterocycles. The van der Waals surface area contributed by atoms with Crippen LogP contribution in [0.4, 0.5) is 0 Å². The van der Waals surface area contributed by atoms with E-state index in [1.165, 1.54) is 11.3 Å². The summed E-state index contributed by atoms with van der Waals surface area (Å²) in [6, 6.07) is 24.2. The Hall–Kier alpha value is -4.67. The van der Waals surface area contributed by atoms with Gasteiger partial charge in [0.1, 0.15) is 12.4 Å². The Bertz CT molecular complexity index is 1820. The van der Waals surface area contributed by atoms with E-state index in [2.05, 4.69) is 19.8 Å². The normalized spacial score (nSPS) is 14.8. The van der Waals surface area contributed by atoms with Gasteiger partial charge in [-0.15, -0.1) is 6.42 Å². The summed E-state index contributed by atoms with van der Waals surface area (Å²) in [7, 11) is 0. The number of benzene rings is 3. The van der Waals surface area contributed by atoms with Crippen molar-refractivity contribution in [2.24, 2.45) is 4.99 Å². The van der Waals surface area contributed by atoms with Crippen LogP contribution in [-0.2, 0) is 9.53 Å². The first-order chi connectivity index (χ1) is 19.9. The maximum Gasteiger partial charge on any atom is 0.338 e. The quantitative estimate of drug-likeness (QED) is 0.222. The van der Waals surface area contributed by atoms with Crippen LogP contribution in [-0.4, -0.2) is 23.8 Å². The van der Waals surface area contributed by atoms with Crippen molar-refractivity contribution in [3.63, 3.8) is 0 Å². The molecule has 0 N–H and O–H groups in total. The number of para-hydroxylation sites is 1. The van der Waals surface area contributed by atoms with Crippen molar-refractivity contribution < 1.29 is 14.3 Å². The highest BCUT2D eigenvalue weighted by Gasteiger charge is 2.35. The second kappa shape index (κ2) is 12.2. The Morgan fingerprint density at radius 2 is 1.78 bits per heavy atom. The van der Waals surface area contributed by atoms with E-state index in [9.17, 15) is 9.59 Å². The lowest BCUT2D eigenvalue weighted by molar-refractivity contribution is -0.138. The number of nitrogens with zero attached hydrogens (tertiary/aromatic N) is 2. The van der Waals surface area contributed by atoms with E-state index in [4.69, 9.17) is 20.9 Å². The van der Waals surface area contributed by atoms with Gasteiger partial charge in [-0.1, -0.05) is 104 Å². The molecule has 41 heavy (non-hydrogen) atoms. The predicted molar refractivity (Wildman–Crippen MR) is 162 cm³/mol. The molecule has 0 saturated carbocycles. The van der Waals surface area contributed by atoms with Gasteiger partial charge in [-0.05, 0) is 36.1 Å². The van der Waals surface area contributed by atoms with Gasteiger partial charge in [-0.2, -0.15) is 0 Å². The molecule has 6 nitrogen and oxygen atoms in total. The first kappa shape index (κ1) is 27.9. The number of carbonyl (C=O) groups excluding carboxylic acids is 1. The molecule has 0 fully saturated rings. The number of esters is 1. The molecule has 1 aliphatic rings. The molecule has 1 aromatic heterocycles. The van der Waals surface area contributed by atoms with Crippen LogP contribution in [0.25, 0.3) is 11.8 Å². The number of ether oxygens (including phenoxy) is 2. The molecule has 5 rings (SSSR count). The molecule has 1 aliphatic heterocycles. The third-order valence-corrected chi connectivity index (χ3v) is 7.79. The van der Waals surface area contributed by atoms with E-state index in [1.807, 2.05) is 78.9 Å². The van der Waals surface area contributed by atoms with Crippen molar-refractivity contribution in [2.75, 3.05) is 13.2 Å². The summed E-state index contributed by atoms with van der Waals surface area (Å²) in [4.78, 5) is 33.1. The van der Waals surface area contributed by atoms with Crippen molar-refractivity contribution in [1.29, 1.82) is 0 Å². The average molecular weight is 563 g/mol. The Labute approximate surface area is 242 Å². The minimum absolute atomic E-state index is 0.113. The Morgan fingerprint density at radius 1 is 1.07 bits per heavy atom. The lowest BCUT2D eigenvalue weighted by atomic mass is 9.91. The van der Waals surface area contributed by atoms with E-state index in [0.29, 0.717) is 32.3 Å². The number of aromatic nitrogens is 1. The fraction of sp³-hybridized carbons (Fsp3) is 0.206. The van der Waals surface area contributed by atoms with E-state index in [1.54, 1.807) is 17.6 Å². The largest absolute Gasteiger partial charge is 0.480 e. The van der Waals surface area contributed by atoms with Crippen LogP contribution in [0.15, 0.2) is 94.2 Å². The summed E-state index contributed by atoms with van der Waals surface area (Å²) in [5.74, 6) is 2.89. The molecular weight excluding hydrogens is 532 g/mol. The van der Waals surface area contributed by atoms with Crippen molar-refractivity contribution >= 4 is 29.1 Å². The third kappa shape index (κ3) is 5.65. The molecule has 3 aromatic carbocycles. The van der Waals surface area contributed by atoms with Gasteiger partial charge in [0, 0.05) is 11.1 Å². The molecule has 0 amide bonds. The smallest absolute Gasteiger partial charge is 0.338 e. The van der Waals surface area contributed by atoms with Gasteiger partial charge in [0.15, 0.2) is 4.80 Å². The van der Waals surface area contributed by atoms with E-state index < -0.39 is 12.0 Å². The maximum absolute atomic E-state index is 14.1. The highest BCUT2D eigenvalue weighted by molar-refractivity contribution is 7.07. The number of fused-ring (bicyclic) bond motifs is 1. The zero-order valence-electron chi connectivity index (χ0n) is 23.2.